The van der Waals surface area contributed by atoms with Gasteiger partial charge in [-0.15, -0.1) is 0 Å². The number of imidazole rings is 1. The average Bonchev–Trinajstić information content (AvgIpc) is 2.95. The van der Waals surface area contributed by atoms with Gasteiger partial charge in [-0.1, -0.05) is 20.8 Å². The maximum atomic E-state index is 12.0. The van der Waals surface area contributed by atoms with Gasteiger partial charge in [0.25, 0.3) is 0 Å². The van der Waals surface area contributed by atoms with Crippen molar-refractivity contribution in [1.29, 1.82) is 0 Å². The highest BCUT2D eigenvalue weighted by atomic mass is 16.4. The van der Waals surface area contributed by atoms with Gasteiger partial charge in [-0.2, -0.15) is 0 Å². The molecule has 0 aliphatic carbocycles. The maximum absolute atomic E-state index is 12.0. The molecule has 0 saturated heterocycles. The van der Waals surface area contributed by atoms with Crippen molar-refractivity contribution in [2.24, 2.45) is 0 Å². The van der Waals surface area contributed by atoms with Gasteiger partial charge in [0.2, 0.25) is 0 Å². The standard InChI is InChI=1S/C13H22N4O3/c1-4-9(10-14-7-8-15-10)16-12(20)17-13(5-2,6-3)11(18)19/h7-9H,4-6H2,1-3H3,(H,14,15)(H,18,19)(H2,16,17,20). The first-order valence-corrected chi connectivity index (χ1v) is 6.80. The molecule has 4 N–H and O–H groups in total. The largest absolute Gasteiger partial charge is 0.480 e. The van der Waals surface area contributed by atoms with Crippen LogP contribution in [0.1, 0.15) is 51.9 Å². The summed E-state index contributed by atoms with van der Waals surface area (Å²) in [7, 11) is 0. The van der Waals surface area contributed by atoms with E-state index in [0.29, 0.717) is 25.1 Å². The summed E-state index contributed by atoms with van der Waals surface area (Å²) < 4.78 is 0. The summed E-state index contributed by atoms with van der Waals surface area (Å²) >= 11 is 0. The molecule has 1 rings (SSSR count). The highest BCUT2D eigenvalue weighted by molar-refractivity contribution is 5.86. The molecule has 0 saturated carbocycles. The zero-order valence-electron chi connectivity index (χ0n) is 12.1. The maximum Gasteiger partial charge on any atom is 0.329 e. The zero-order chi connectivity index (χ0) is 15.2. The van der Waals surface area contributed by atoms with E-state index in [1.54, 1.807) is 26.2 Å². The minimum Gasteiger partial charge on any atom is -0.480 e. The molecule has 1 atom stereocenters. The number of carboxylic acids is 1. The number of rotatable bonds is 7. The number of amides is 2. The van der Waals surface area contributed by atoms with Gasteiger partial charge in [-0.3, -0.25) is 0 Å². The Balaban J connectivity index is 2.73. The van der Waals surface area contributed by atoms with Gasteiger partial charge in [0.05, 0.1) is 6.04 Å². The smallest absolute Gasteiger partial charge is 0.329 e. The number of hydrogen-bond donors (Lipinski definition) is 4. The van der Waals surface area contributed by atoms with Gasteiger partial charge in [0.15, 0.2) is 0 Å². The van der Waals surface area contributed by atoms with Crippen LogP contribution >= 0.6 is 0 Å². The molecule has 0 fully saturated rings. The molecule has 0 bridgehead atoms. The lowest BCUT2D eigenvalue weighted by Crippen LogP contribution is -2.56. The van der Waals surface area contributed by atoms with Gasteiger partial charge in [-0.05, 0) is 19.3 Å². The molecule has 2 amide bonds. The molecule has 0 aliphatic heterocycles. The number of carbonyl (C=O) groups is 2. The highest BCUT2D eigenvalue weighted by Gasteiger charge is 2.36. The minimum atomic E-state index is -1.23. The number of nitrogens with zero attached hydrogens (tertiary/aromatic N) is 1. The second-order valence-electron chi connectivity index (χ2n) is 4.63. The van der Waals surface area contributed by atoms with Crippen molar-refractivity contribution < 1.29 is 14.7 Å². The van der Waals surface area contributed by atoms with E-state index < -0.39 is 17.5 Å². The molecule has 0 aliphatic rings. The van der Waals surface area contributed by atoms with Gasteiger partial charge in [0, 0.05) is 12.4 Å². The van der Waals surface area contributed by atoms with Crippen molar-refractivity contribution in [3.05, 3.63) is 18.2 Å². The first kappa shape index (κ1) is 16.0. The molecule has 20 heavy (non-hydrogen) atoms. The molecule has 1 aromatic heterocycles. The second-order valence-corrected chi connectivity index (χ2v) is 4.63. The molecular formula is C13H22N4O3. The summed E-state index contributed by atoms with van der Waals surface area (Å²) in [5, 5.41) is 14.6. The number of hydrogen-bond acceptors (Lipinski definition) is 3. The third-order valence-corrected chi connectivity index (χ3v) is 3.53. The molecule has 1 unspecified atom stereocenters. The van der Waals surface area contributed by atoms with Crippen molar-refractivity contribution in [2.45, 2.75) is 51.6 Å². The third-order valence-electron chi connectivity index (χ3n) is 3.53. The number of aromatic amines is 1. The molecule has 0 radical (unpaired) electrons. The van der Waals surface area contributed by atoms with Crippen LogP contribution in [0.15, 0.2) is 12.4 Å². The van der Waals surface area contributed by atoms with Gasteiger partial charge in [-0.25, -0.2) is 14.6 Å². The van der Waals surface area contributed by atoms with Crippen LogP contribution in [0, 0.1) is 0 Å². The van der Waals surface area contributed by atoms with E-state index in [9.17, 15) is 14.7 Å². The normalized spacial score (nSPS) is 12.8. The van der Waals surface area contributed by atoms with Gasteiger partial charge in [0.1, 0.15) is 11.4 Å². The van der Waals surface area contributed by atoms with E-state index in [2.05, 4.69) is 20.6 Å². The van der Waals surface area contributed by atoms with Crippen LogP contribution < -0.4 is 10.6 Å². The Kier molecular flexibility index (Phi) is 5.54. The Bertz CT molecular complexity index is 440. The molecule has 7 nitrogen and oxygen atoms in total. The topological polar surface area (TPSA) is 107 Å². The summed E-state index contributed by atoms with van der Waals surface area (Å²) in [6, 6.07) is -0.774. The van der Waals surface area contributed by atoms with E-state index in [0.717, 1.165) is 0 Å². The fourth-order valence-corrected chi connectivity index (χ4v) is 2.03. The van der Waals surface area contributed by atoms with Crippen molar-refractivity contribution in [3.8, 4) is 0 Å². The summed E-state index contributed by atoms with van der Waals surface area (Å²) in [5.41, 5.74) is -1.23. The lowest BCUT2D eigenvalue weighted by atomic mass is 9.93. The van der Waals surface area contributed by atoms with Crippen LogP contribution in [0.5, 0.6) is 0 Å². The second kappa shape index (κ2) is 6.93. The fraction of sp³-hybridized carbons (Fsp3) is 0.615. The lowest BCUT2D eigenvalue weighted by Gasteiger charge is -2.29. The van der Waals surface area contributed by atoms with Crippen LogP contribution in [0.25, 0.3) is 0 Å². The predicted molar refractivity (Wildman–Crippen MR) is 74.2 cm³/mol. The van der Waals surface area contributed by atoms with E-state index in [-0.39, 0.29) is 6.04 Å². The van der Waals surface area contributed by atoms with Crippen LogP contribution in [-0.4, -0.2) is 32.6 Å². The number of carboxylic acid groups (broad SMARTS) is 1. The van der Waals surface area contributed by atoms with Crippen LogP contribution in [0.3, 0.4) is 0 Å². The number of urea groups is 1. The van der Waals surface area contributed by atoms with Crippen molar-refractivity contribution in [2.75, 3.05) is 0 Å². The van der Waals surface area contributed by atoms with Crippen molar-refractivity contribution in [1.82, 2.24) is 20.6 Å². The number of H-pyrrole nitrogens is 1. The molecular weight excluding hydrogens is 260 g/mol. The van der Waals surface area contributed by atoms with Gasteiger partial charge >= 0.3 is 12.0 Å². The van der Waals surface area contributed by atoms with E-state index in [1.165, 1.54) is 0 Å². The number of nitrogens with one attached hydrogen (secondary N) is 3. The summed E-state index contributed by atoms with van der Waals surface area (Å²) in [4.78, 5) is 30.4. The summed E-state index contributed by atoms with van der Waals surface area (Å²) in [6.45, 7) is 5.39. The lowest BCUT2D eigenvalue weighted by molar-refractivity contribution is -0.144. The zero-order valence-corrected chi connectivity index (χ0v) is 12.1. The number of aliphatic carboxylic acids is 1. The van der Waals surface area contributed by atoms with Crippen molar-refractivity contribution in [3.63, 3.8) is 0 Å². The van der Waals surface area contributed by atoms with Gasteiger partial charge < -0.3 is 20.7 Å². The Labute approximate surface area is 118 Å². The molecule has 1 aromatic rings. The molecule has 1 heterocycles. The number of carbonyl (C=O) groups excluding carboxylic acids is 1. The van der Waals surface area contributed by atoms with E-state index in [1.807, 2.05) is 6.92 Å². The third kappa shape index (κ3) is 3.49. The Hall–Kier alpha value is -2.05. The fourth-order valence-electron chi connectivity index (χ4n) is 2.03. The average molecular weight is 282 g/mol. The first-order valence-electron chi connectivity index (χ1n) is 6.80. The molecule has 0 aromatic carbocycles. The molecule has 7 heteroatoms. The van der Waals surface area contributed by atoms with Crippen molar-refractivity contribution >= 4 is 12.0 Å². The molecule has 112 valence electrons. The summed E-state index contributed by atoms with van der Waals surface area (Å²) in [5.74, 6) is -0.375. The van der Waals surface area contributed by atoms with E-state index in [4.69, 9.17) is 0 Å². The monoisotopic (exact) mass is 282 g/mol. The Morgan fingerprint density at radius 3 is 2.45 bits per heavy atom. The SMILES string of the molecule is CCC(NC(=O)NC(CC)(CC)C(=O)O)c1ncc[nH]1. The van der Waals surface area contributed by atoms with Crippen LogP contribution in [-0.2, 0) is 4.79 Å². The first-order chi connectivity index (χ1) is 9.49. The minimum absolute atomic E-state index is 0.273. The predicted octanol–water partition coefficient (Wildman–Crippen LogP) is 1.80. The number of aromatic nitrogens is 2. The van der Waals surface area contributed by atoms with Crippen LogP contribution in [0.2, 0.25) is 0 Å². The Morgan fingerprint density at radius 2 is 2.05 bits per heavy atom. The Morgan fingerprint density at radius 1 is 1.40 bits per heavy atom. The highest BCUT2D eigenvalue weighted by Crippen LogP contribution is 2.16. The summed E-state index contributed by atoms with van der Waals surface area (Å²) in [6.07, 6.45) is 4.58. The molecule has 0 spiro atoms. The van der Waals surface area contributed by atoms with Crippen LogP contribution in [0.4, 0.5) is 4.79 Å². The van der Waals surface area contributed by atoms with E-state index >= 15 is 0 Å². The quantitative estimate of drug-likeness (QED) is 0.611.